The Bertz CT molecular complexity index is 1750. The number of aromatic amines is 1. The van der Waals surface area contributed by atoms with Gasteiger partial charge in [-0.05, 0) is 81.1 Å². The van der Waals surface area contributed by atoms with E-state index in [1.807, 2.05) is 0 Å². The van der Waals surface area contributed by atoms with Gasteiger partial charge in [-0.1, -0.05) is 84.9 Å². The van der Waals surface area contributed by atoms with Gasteiger partial charge in [-0.25, -0.2) is 0 Å². The predicted molar refractivity (Wildman–Crippen MR) is 142 cm³/mol. The molecule has 1 nitrogen and oxygen atoms in total. The van der Waals surface area contributed by atoms with E-state index in [2.05, 4.69) is 108 Å². The number of hydrogen-bond donors (Lipinski definition) is 1. The molecule has 0 fully saturated rings. The van der Waals surface area contributed by atoms with Crippen LogP contribution in [-0.2, 0) is 6.42 Å². The molecule has 1 heteroatoms. The minimum Gasteiger partial charge on any atom is -0.354 e. The molecule has 0 spiro atoms. The van der Waals surface area contributed by atoms with Gasteiger partial charge in [0.15, 0.2) is 0 Å². The second-order valence-electron chi connectivity index (χ2n) is 9.72. The highest BCUT2D eigenvalue weighted by molar-refractivity contribution is 6.17. The molecule has 0 saturated carbocycles. The van der Waals surface area contributed by atoms with Crippen LogP contribution in [0.5, 0.6) is 0 Å². The van der Waals surface area contributed by atoms with E-state index in [0.29, 0.717) is 5.92 Å². The Hall–Kier alpha value is -4.10. The monoisotopic (exact) mass is 433 g/mol. The number of hydrogen-bond acceptors (Lipinski definition) is 0. The van der Waals surface area contributed by atoms with E-state index in [9.17, 15) is 0 Å². The van der Waals surface area contributed by atoms with Crippen molar-refractivity contribution in [1.29, 1.82) is 0 Å². The zero-order chi connectivity index (χ0) is 22.2. The lowest BCUT2D eigenvalue weighted by Gasteiger charge is -2.16. The minimum atomic E-state index is 0.425. The summed E-state index contributed by atoms with van der Waals surface area (Å²) in [4.78, 5) is 3.74. The van der Waals surface area contributed by atoms with E-state index >= 15 is 0 Å². The van der Waals surface area contributed by atoms with Crippen molar-refractivity contribution < 1.29 is 0 Å². The van der Waals surface area contributed by atoms with E-state index in [4.69, 9.17) is 0 Å². The molecule has 0 aliphatic heterocycles. The first-order chi connectivity index (χ1) is 16.9. The fraction of sp³-hybridized carbons (Fsp3) is 0.0909. The minimum absolute atomic E-state index is 0.425. The van der Waals surface area contributed by atoms with Crippen LogP contribution in [0.2, 0.25) is 0 Å². The molecule has 1 heterocycles. The number of aromatic nitrogens is 1. The van der Waals surface area contributed by atoms with Crippen LogP contribution in [0.15, 0.2) is 103 Å². The van der Waals surface area contributed by atoms with Gasteiger partial charge in [-0.2, -0.15) is 0 Å². The van der Waals surface area contributed by atoms with Gasteiger partial charge in [0.1, 0.15) is 0 Å². The molecule has 6 aromatic rings. The van der Waals surface area contributed by atoms with E-state index in [1.54, 1.807) is 0 Å². The number of benzene rings is 5. The van der Waals surface area contributed by atoms with Gasteiger partial charge in [0.05, 0.1) is 0 Å². The van der Waals surface area contributed by atoms with Crippen LogP contribution in [0.25, 0.3) is 55.2 Å². The fourth-order valence-corrected chi connectivity index (χ4v) is 6.54. The molecule has 1 N–H and O–H groups in total. The maximum absolute atomic E-state index is 3.74. The molecule has 160 valence electrons. The van der Waals surface area contributed by atoms with Gasteiger partial charge in [-0.15, -0.1) is 0 Å². The molecule has 1 atom stereocenters. The van der Waals surface area contributed by atoms with E-state index in [-0.39, 0.29) is 0 Å². The van der Waals surface area contributed by atoms with Crippen molar-refractivity contribution in [3.8, 4) is 33.4 Å². The first-order valence-electron chi connectivity index (χ1n) is 12.2. The Balaban J connectivity index is 1.49. The number of para-hydroxylation sites is 1. The van der Waals surface area contributed by atoms with Gasteiger partial charge in [0, 0.05) is 27.7 Å². The predicted octanol–water partition coefficient (Wildman–Crippen LogP) is 8.71. The van der Waals surface area contributed by atoms with E-state index in [0.717, 1.165) is 12.8 Å². The highest BCUT2D eigenvalue weighted by Gasteiger charge is 2.35. The van der Waals surface area contributed by atoms with Crippen LogP contribution in [0.3, 0.4) is 0 Å². The number of fused-ring (bicyclic) bond motifs is 9. The Kier molecular flexibility index (Phi) is 3.62. The third-order valence-electron chi connectivity index (χ3n) is 8.00. The highest BCUT2D eigenvalue weighted by atomic mass is 14.7. The maximum atomic E-state index is 3.74. The molecular formula is C33H23N. The number of H-pyrrole nitrogens is 1. The molecule has 0 radical (unpaired) electrons. The quantitative estimate of drug-likeness (QED) is 0.267. The van der Waals surface area contributed by atoms with Crippen LogP contribution in [0.4, 0.5) is 0 Å². The third kappa shape index (κ3) is 2.39. The zero-order valence-electron chi connectivity index (χ0n) is 18.8. The van der Waals surface area contributed by atoms with Crippen LogP contribution in [0.1, 0.15) is 29.0 Å². The van der Waals surface area contributed by atoms with Crippen LogP contribution < -0.4 is 0 Å². The molecular weight excluding hydrogens is 410 g/mol. The van der Waals surface area contributed by atoms with Gasteiger partial charge in [0.25, 0.3) is 0 Å². The van der Waals surface area contributed by atoms with Crippen molar-refractivity contribution in [3.05, 3.63) is 120 Å². The summed E-state index contributed by atoms with van der Waals surface area (Å²) in [5.74, 6) is 0.425. The molecule has 2 aliphatic carbocycles. The first-order valence-corrected chi connectivity index (χ1v) is 12.2. The summed E-state index contributed by atoms with van der Waals surface area (Å²) in [6.07, 6.45) is 2.25. The highest BCUT2D eigenvalue weighted by Crippen LogP contribution is 2.56. The van der Waals surface area contributed by atoms with Gasteiger partial charge < -0.3 is 4.98 Å². The summed E-state index contributed by atoms with van der Waals surface area (Å²) < 4.78 is 0. The molecule has 1 aromatic heterocycles. The van der Waals surface area contributed by atoms with Crippen LogP contribution in [-0.4, -0.2) is 4.98 Å². The normalized spacial score (nSPS) is 15.7. The lowest BCUT2D eigenvalue weighted by Crippen LogP contribution is -1.98. The standard InChI is InChI=1S/C33H23N/c1-2-8-20(9-3-1)22-15-16-24-27(18-22)25-17-14-21-10-4-5-11-23(21)33-31(25)28(24)19-30-32(33)26-12-6-7-13-29(26)34-30/h1-13,15-16,18-19,25,34H,14,17H2. The largest absolute Gasteiger partial charge is 0.354 e. The molecule has 0 saturated heterocycles. The molecule has 1 unspecified atom stereocenters. The topological polar surface area (TPSA) is 15.8 Å². The van der Waals surface area contributed by atoms with E-state index in [1.165, 1.54) is 71.9 Å². The Morgan fingerprint density at radius 1 is 0.618 bits per heavy atom. The van der Waals surface area contributed by atoms with Crippen LogP contribution >= 0.6 is 0 Å². The number of aryl methyl sites for hydroxylation is 1. The van der Waals surface area contributed by atoms with Crippen molar-refractivity contribution in [3.63, 3.8) is 0 Å². The van der Waals surface area contributed by atoms with Crippen molar-refractivity contribution in [2.75, 3.05) is 0 Å². The Morgan fingerprint density at radius 3 is 2.38 bits per heavy atom. The smallest absolute Gasteiger partial charge is 0.0477 e. The molecule has 5 aromatic carbocycles. The summed E-state index contributed by atoms with van der Waals surface area (Å²) >= 11 is 0. The molecule has 2 aliphatic rings. The van der Waals surface area contributed by atoms with Crippen LogP contribution in [0, 0.1) is 0 Å². The first kappa shape index (κ1) is 18.3. The van der Waals surface area contributed by atoms with E-state index < -0.39 is 0 Å². The molecule has 8 rings (SSSR count). The fourth-order valence-electron chi connectivity index (χ4n) is 6.54. The number of nitrogens with one attached hydrogen (secondary N) is 1. The van der Waals surface area contributed by atoms with Gasteiger partial charge in [0.2, 0.25) is 0 Å². The van der Waals surface area contributed by atoms with Gasteiger partial charge in [-0.3, -0.25) is 0 Å². The van der Waals surface area contributed by atoms with Crippen molar-refractivity contribution >= 4 is 21.8 Å². The summed E-state index contributed by atoms with van der Waals surface area (Å²) in [5.41, 5.74) is 15.2. The Labute approximate surface area is 198 Å². The second-order valence-corrected chi connectivity index (χ2v) is 9.72. The van der Waals surface area contributed by atoms with Crippen molar-refractivity contribution in [1.82, 2.24) is 4.98 Å². The molecule has 0 amide bonds. The Morgan fingerprint density at radius 2 is 1.44 bits per heavy atom. The third-order valence-corrected chi connectivity index (χ3v) is 8.00. The average Bonchev–Trinajstić information content (AvgIpc) is 3.35. The summed E-state index contributed by atoms with van der Waals surface area (Å²) in [5, 5.41) is 2.71. The second kappa shape index (κ2) is 6.71. The molecule has 34 heavy (non-hydrogen) atoms. The summed E-state index contributed by atoms with van der Waals surface area (Å²) in [6, 6.07) is 38.2. The molecule has 0 bridgehead atoms. The summed E-state index contributed by atoms with van der Waals surface area (Å²) in [7, 11) is 0. The summed E-state index contributed by atoms with van der Waals surface area (Å²) in [6.45, 7) is 0. The van der Waals surface area contributed by atoms with Gasteiger partial charge >= 0.3 is 0 Å². The lowest BCUT2D eigenvalue weighted by molar-refractivity contribution is 0.740. The SMILES string of the molecule is c1ccc(-c2ccc3c(c2)C2CCc4ccccc4-c4c2c-3cc2[nH]c3ccccc3c42)cc1. The number of rotatable bonds is 1. The average molecular weight is 434 g/mol. The lowest BCUT2D eigenvalue weighted by atomic mass is 9.87. The van der Waals surface area contributed by atoms with Crippen molar-refractivity contribution in [2.24, 2.45) is 0 Å². The van der Waals surface area contributed by atoms with Crippen molar-refractivity contribution in [2.45, 2.75) is 18.8 Å². The maximum Gasteiger partial charge on any atom is 0.0477 e. The zero-order valence-corrected chi connectivity index (χ0v) is 18.8.